The molecule has 5 nitrogen and oxygen atoms in total. The maximum atomic E-state index is 13.0. The Morgan fingerprint density at radius 3 is 2.50 bits per heavy atom. The quantitative estimate of drug-likeness (QED) is 0.108. The Balaban J connectivity index is 1.91. The fraction of sp³-hybridized carbons (Fsp3) is 0.172. The zero-order chi connectivity index (χ0) is 27.7. The first-order valence-electron chi connectivity index (χ1n) is 11.5. The normalized spacial score (nSPS) is 11.4. The van der Waals surface area contributed by atoms with Gasteiger partial charge in [0.15, 0.2) is 11.5 Å². The minimum Gasteiger partial charge on any atom is -0.490 e. The number of nitriles is 1. The molecule has 0 spiro atoms. The number of ether oxygens (including phenoxy) is 2. The molecule has 0 fully saturated rings. The highest BCUT2D eigenvalue weighted by Gasteiger charge is 2.30. The van der Waals surface area contributed by atoms with Crippen molar-refractivity contribution >= 4 is 40.3 Å². The van der Waals surface area contributed by atoms with Crippen molar-refractivity contribution in [3.8, 4) is 17.6 Å². The van der Waals surface area contributed by atoms with Crippen LogP contribution in [-0.2, 0) is 24.0 Å². The fourth-order valence-electron chi connectivity index (χ4n) is 3.52. The van der Waals surface area contributed by atoms with Gasteiger partial charge in [-0.05, 0) is 95.6 Å². The zero-order valence-electron chi connectivity index (χ0n) is 20.4. The van der Waals surface area contributed by atoms with E-state index in [1.807, 2.05) is 37.3 Å². The lowest BCUT2D eigenvalue weighted by Crippen LogP contribution is -2.14. The van der Waals surface area contributed by atoms with Crippen molar-refractivity contribution in [2.45, 2.75) is 26.1 Å². The number of amides is 1. The van der Waals surface area contributed by atoms with Crippen LogP contribution in [0.3, 0.4) is 0 Å². The van der Waals surface area contributed by atoms with E-state index in [9.17, 15) is 23.2 Å². The van der Waals surface area contributed by atoms with Crippen molar-refractivity contribution in [2.75, 3.05) is 11.9 Å². The third kappa shape index (κ3) is 7.86. The molecular weight excluding hydrogens is 608 g/mol. The third-order valence-electron chi connectivity index (χ3n) is 5.24. The number of benzene rings is 3. The number of alkyl halides is 3. The van der Waals surface area contributed by atoms with E-state index in [1.54, 1.807) is 18.2 Å². The summed E-state index contributed by atoms with van der Waals surface area (Å²) in [5.74, 6) is 0.114. The summed E-state index contributed by atoms with van der Waals surface area (Å²) in [6, 6.07) is 17.3. The maximum Gasteiger partial charge on any atom is 0.416 e. The Morgan fingerprint density at radius 1 is 1.13 bits per heavy atom. The molecule has 0 unspecified atom stereocenters. The number of nitrogens with one attached hydrogen (secondary N) is 1. The van der Waals surface area contributed by atoms with Crippen molar-refractivity contribution in [3.05, 3.63) is 105 Å². The van der Waals surface area contributed by atoms with E-state index in [-0.39, 0.29) is 11.3 Å². The Labute approximate surface area is 232 Å². The number of carbonyl (C=O) groups is 1. The van der Waals surface area contributed by atoms with E-state index in [4.69, 9.17) is 9.47 Å². The van der Waals surface area contributed by atoms with Gasteiger partial charge in [-0.1, -0.05) is 24.3 Å². The van der Waals surface area contributed by atoms with Gasteiger partial charge in [-0.15, -0.1) is 6.58 Å². The molecule has 0 aliphatic rings. The molecule has 1 N–H and O–H groups in total. The van der Waals surface area contributed by atoms with Crippen molar-refractivity contribution in [2.24, 2.45) is 0 Å². The van der Waals surface area contributed by atoms with Crippen molar-refractivity contribution in [1.29, 1.82) is 5.26 Å². The standard InChI is InChI=1S/C29H24F3IN2O3/c1-3-6-21-13-20(15-26(37-4-2)27(21)38-18-19-9-11-24(33)12-10-19)14-22(17-34)28(36)35-25-8-5-7-23(16-25)29(30,31)32/h3,5,7-16H,1,4,6,18H2,2H3,(H,35,36)/b22-14-. The van der Waals surface area contributed by atoms with Gasteiger partial charge in [0, 0.05) is 14.8 Å². The molecule has 0 aliphatic heterocycles. The van der Waals surface area contributed by atoms with Crippen LogP contribution in [0.1, 0.15) is 29.2 Å². The molecule has 196 valence electrons. The number of carbonyl (C=O) groups excluding carboxylic acids is 1. The van der Waals surface area contributed by atoms with Gasteiger partial charge in [-0.25, -0.2) is 0 Å². The van der Waals surface area contributed by atoms with Crippen LogP contribution >= 0.6 is 22.6 Å². The predicted octanol–water partition coefficient (Wildman–Crippen LogP) is 7.56. The summed E-state index contributed by atoms with van der Waals surface area (Å²) in [6.45, 7) is 6.27. The highest BCUT2D eigenvalue weighted by Crippen LogP contribution is 2.36. The highest BCUT2D eigenvalue weighted by atomic mass is 127. The summed E-state index contributed by atoms with van der Waals surface area (Å²) >= 11 is 2.23. The third-order valence-corrected chi connectivity index (χ3v) is 5.96. The van der Waals surface area contributed by atoms with E-state index in [1.165, 1.54) is 18.2 Å². The SMILES string of the molecule is C=CCc1cc(/C=C(/C#N)C(=O)Nc2cccc(C(F)(F)F)c2)cc(OCC)c1OCc1ccc(I)cc1. The molecule has 0 saturated carbocycles. The van der Waals surface area contributed by atoms with Crippen LogP contribution in [-0.4, -0.2) is 12.5 Å². The number of allylic oxidation sites excluding steroid dienone is 1. The number of hydrogen-bond donors (Lipinski definition) is 1. The molecule has 0 bridgehead atoms. The van der Waals surface area contributed by atoms with Gasteiger partial charge in [-0.2, -0.15) is 18.4 Å². The number of hydrogen-bond acceptors (Lipinski definition) is 4. The van der Waals surface area contributed by atoms with E-state index in [2.05, 4.69) is 34.5 Å². The number of anilines is 1. The molecular formula is C29H24F3IN2O3. The fourth-order valence-corrected chi connectivity index (χ4v) is 3.88. The molecule has 0 saturated heterocycles. The van der Waals surface area contributed by atoms with Crippen LogP contribution in [0, 0.1) is 14.9 Å². The second-order valence-corrected chi connectivity index (χ2v) is 9.30. The first-order chi connectivity index (χ1) is 18.1. The molecule has 3 aromatic rings. The first kappa shape index (κ1) is 28.8. The Bertz CT molecular complexity index is 1380. The topological polar surface area (TPSA) is 71.4 Å². The second-order valence-electron chi connectivity index (χ2n) is 8.05. The van der Waals surface area contributed by atoms with Gasteiger partial charge in [0.05, 0.1) is 12.2 Å². The van der Waals surface area contributed by atoms with Crippen LogP contribution in [0.15, 0.2) is 78.9 Å². The largest absolute Gasteiger partial charge is 0.490 e. The molecule has 3 rings (SSSR count). The summed E-state index contributed by atoms with van der Waals surface area (Å²) in [6.07, 6.45) is -1.08. The monoisotopic (exact) mass is 632 g/mol. The van der Waals surface area contributed by atoms with Crippen LogP contribution in [0.4, 0.5) is 18.9 Å². The Kier molecular flexibility index (Phi) is 9.96. The Morgan fingerprint density at radius 2 is 1.87 bits per heavy atom. The molecule has 3 aromatic carbocycles. The van der Waals surface area contributed by atoms with Gasteiger partial charge in [-0.3, -0.25) is 4.79 Å². The average molecular weight is 632 g/mol. The van der Waals surface area contributed by atoms with Crippen molar-refractivity contribution < 1.29 is 27.4 Å². The Hall–Kier alpha value is -3.78. The summed E-state index contributed by atoms with van der Waals surface area (Å²) in [7, 11) is 0. The van der Waals surface area contributed by atoms with Gasteiger partial charge in [0.1, 0.15) is 18.2 Å². The zero-order valence-corrected chi connectivity index (χ0v) is 22.6. The second kappa shape index (κ2) is 13.1. The van der Waals surface area contributed by atoms with E-state index < -0.39 is 17.6 Å². The van der Waals surface area contributed by atoms with Crippen LogP contribution < -0.4 is 14.8 Å². The summed E-state index contributed by atoms with van der Waals surface area (Å²) in [5.41, 5.74) is 0.920. The molecule has 9 heteroatoms. The average Bonchev–Trinajstić information content (AvgIpc) is 2.87. The molecule has 0 aliphatic carbocycles. The van der Waals surface area contributed by atoms with Gasteiger partial charge < -0.3 is 14.8 Å². The molecule has 0 radical (unpaired) electrons. The lowest BCUT2D eigenvalue weighted by atomic mass is 10.0. The molecule has 0 aromatic heterocycles. The van der Waals surface area contributed by atoms with E-state index >= 15 is 0 Å². The highest BCUT2D eigenvalue weighted by molar-refractivity contribution is 14.1. The van der Waals surface area contributed by atoms with Crippen LogP contribution in [0.2, 0.25) is 0 Å². The van der Waals surface area contributed by atoms with Gasteiger partial charge in [0.25, 0.3) is 5.91 Å². The number of rotatable bonds is 10. The lowest BCUT2D eigenvalue weighted by Gasteiger charge is -2.17. The molecule has 38 heavy (non-hydrogen) atoms. The summed E-state index contributed by atoms with van der Waals surface area (Å²) < 4.78 is 52.1. The van der Waals surface area contributed by atoms with Gasteiger partial charge >= 0.3 is 6.18 Å². The molecule has 1 amide bonds. The van der Waals surface area contributed by atoms with Crippen LogP contribution in [0.25, 0.3) is 6.08 Å². The van der Waals surface area contributed by atoms with Crippen molar-refractivity contribution in [1.82, 2.24) is 0 Å². The van der Waals surface area contributed by atoms with Crippen molar-refractivity contribution in [3.63, 3.8) is 0 Å². The minimum absolute atomic E-state index is 0.0762. The van der Waals surface area contributed by atoms with E-state index in [0.717, 1.165) is 26.8 Å². The van der Waals surface area contributed by atoms with Gasteiger partial charge in [0.2, 0.25) is 0 Å². The predicted molar refractivity (Wildman–Crippen MR) is 149 cm³/mol. The first-order valence-corrected chi connectivity index (χ1v) is 12.6. The summed E-state index contributed by atoms with van der Waals surface area (Å²) in [4.78, 5) is 12.7. The number of nitrogens with zero attached hydrogens (tertiary/aromatic N) is 1. The number of halogens is 4. The summed E-state index contributed by atoms with van der Waals surface area (Å²) in [5, 5.41) is 12.0. The minimum atomic E-state index is -4.56. The molecule has 0 heterocycles. The lowest BCUT2D eigenvalue weighted by molar-refractivity contribution is -0.137. The van der Waals surface area contributed by atoms with E-state index in [0.29, 0.717) is 36.7 Å². The smallest absolute Gasteiger partial charge is 0.416 e. The maximum absolute atomic E-state index is 13.0. The van der Waals surface area contributed by atoms with Crippen LogP contribution in [0.5, 0.6) is 11.5 Å². The molecule has 0 atom stereocenters.